The van der Waals surface area contributed by atoms with Crippen LogP contribution < -0.4 is 10.2 Å². The summed E-state index contributed by atoms with van der Waals surface area (Å²) in [5.74, 6) is 0.923. The molecule has 25 heavy (non-hydrogen) atoms. The number of aromatic nitrogens is 2. The van der Waals surface area contributed by atoms with Crippen LogP contribution in [0.15, 0.2) is 23.8 Å². The van der Waals surface area contributed by atoms with Crippen molar-refractivity contribution < 1.29 is 4.79 Å². The van der Waals surface area contributed by atoms with Crippen molar-refractivity contribution in [2.45, 2.75) is 32.7 Å². The van der Waals surface area contributed by atoms with E-state index in [2.05, 4.69) is 27.1 Å². The zero-order chi connectivity index (χ0) is 17.2. The van der Waals surface area contributed by atoms with Crippen molar-refractivity contribution in [1.29, 1.82) is 0 Å². The highest BCUT2D eigenvalue weighted by atomic mass is 32.1. The SMILES string of the molecule is CCN(CC(=O)NCc1cccs1)c1ncnc2sc3c(c12)CCC3. The zero-order valence-electron chi connectivity index (χ0n) is 14.1. The smallest absolute Gasteiger partial charge is 0.239 e. The van der Waals surface area contributed by atoms with E-state index in [1.807, 2.05) is 17.5 Å². The molecule has 1 amide bonds. The molecule has 130 valence electrons. The maximum atomic E-state index is 12.4. The van der Waals surface area contributed by atoms with Gasteiger partial charge in [0.25, 0.3) is 0 Å². The average molecular weight is 373 g/mol. The Morgan fingerprint density at radius 2 is 2.28 bits per heavy atom. The summed E-state index contributed by atoms with van der Waals surface area (Å²) in [6.45, 7) is 3.70. The quantitative estimate of drug-likeness (QED) is 0.721. The molecule has 1 aliphatic carbocycles. The van der Waals surface area contributed by atoms with Crippen LogP contribution in [0.5, 0.6) is 0 Å². The van der Waals surface area contributed by atoms with E-state index in [1.54, 1.807) is 29.0 Å². The van der Waals surface area contributed by atoms with Crippen LogP contribution in [0.2, 0.25) is 0 Å². The lowest BCUT2D eigenvalue weighted by Crippen LogP contribution is -2.37. The van der Waals surface area contributed by atoms with Gasteiger partial charge in [0.05, 0.1) is 18.5 Å². The highest BCUT2D eigenvalue weighted by Gasteiger charge is 2.23. The fourth-order valence-corrected chi connectivity index (χ4v) is 5.18. The fourth-order valence-electron chi connectivity index (χ4n) is 3.32. The Bertz CT molecular complexity index is 888. The average Bonchev–Trinajstić information content (AvgIpc) is 3.34. The first-order valence-corrected chi connectivity index (χ1v) is 10.2. The van der Waals surface area contributed by atoms with Gasteiger partial charge in [-0.15, -0.1) is 22.7 Å². The van der Waals surface area contributed by atoms with Crippen molar-refractivity contribution in [3.8, 4) is 0 Å². The number of likely N-dealkylation sites (N-methyl/N-ethyl adjacent to an activating group) is 1. The molecule has 3 aromatic rings. The van der Waals surface area contributed by atoms with Gasteiger partial charge in [-0.2, -0.15) is 0 Å². The molecule has 0 radical (unpaired) electrons. The molecule has 0 spiro atoms. The maximum absolute atomic E-state index is 12.4. The van der Waals surface area contributed by atoms with Gasteiger partial charge in [-0.1, -0.05) is 6.07 Å². The molecule has 1 aliphatic rings. The van der Waals surface area contributed by atoms with E-state index in [9.17, 15) is 4.79 Å². The lowest BCUT2D eigenvalue weighted by Gasteiger charge is -2.22. The van der Waals surface area contributed by atoms with Crippen molar-refractivity contribution in [2.75, 3.05) is 18.0 Å². The monoisotopic (exact) mass is 372 g/mol. The summed E-state index contributed by atoms with van der Waals surface area (Å²) in [5, 5.41) is 6.19. The molecule has 0 saturated carbocycles. The second-order valence-corrected chi connectivity index (χ2v) is 8.22. The number of amides is 1. The molecule has 1 N–H and O–H groups in total. The van der Waals surface area contributed by atoms with Crippen LogP contribution in [-0.2, 0) is 24.2 Å². The lowest BCUT2D eigenvalue weighted by molar-refractivity contribution is -0.119. The number of hydrogen-bond acceptors (Lipinski definition) is 6. The van der Waals surface area contributed by atoms with Crippen molar-refractivity contribution in [2.24, 2.45) is 0 Å². The molecule has 0 atom stereocenters. The molecule has 3 aromatic heterocycles. The largest absolute Gasteiger partial charge is 0.350 e. The maximum Gasteiger partial charge on any atom is 0.239 e. The van der Waals surface area contributed by atoms with Gasteiger partial charge in [0.15, 0.2) is 0 Å². The number of fused-ring (bicyclic) bond motifs is 3. The Hall–Kier alpha value is -1.99. The summed E-state index contributed by atoms with van der Waals surface area (Å²) in [4.78, 5) is 27.1. The first-order valence-electron chi connectivity index (χ1n) is 8.55. The van der Waals surface area contributed by atoms with Gasteiger partial charge in [-0.25, -0.2) is 9.97 Å². The number of thiophene rings is 2. The Balaban J connectivity index is 1.54. The summed E-state index contributed by atoms with van der Waals surface area (Å²) in [6.07, 6.45) is 5.06. The molecule has 0 unspecified atom stereocenters. The summed E-state index contributed by atoms with van der Waals surface area (Å²) >= 11 is 3.43. The van der Waals surface area contributed by atoms with Gasteiger partial charge < -0.3 is 10.2 Å². The van der Waals surface area contributed by atoms with E-state index in [0.717, 1.165) is 40.3 Å². The van der Waals surface area contributed by atoms with Gasteiger partial charge in [-0.3, -0.25) is 4.79 Å². The molecule has 4 rings (SSSR count). The van der Waals surface area contributed by atoms with E-state index in [1.165, 1.54) is 16.9 Å². The minimum absolute atomic E-state index is 0.0221. The molecule has 5 nitrogen and oxygen atoms in total. The summed E-state index contributed by atoms with van der Waals surface area (Å²) in [7, 11) is 0. The van der Waals surface area contributed by atoms with E-state index in [4.69, 9.17) is 0 Å². The van der Waals surface area contributed by atoms with Crippen LogP contribution in [0.25, 0.3) is 10.2 Å². The minimum atomic E-state index is 0.0221. The molecule has 0 aromatic carbocycles. The highest BCUT2D eigenvalue weighted by molar-refractivity contribution is 7.19. The molecule has 0 aliphatic heterocycles. The highest BCUT2D eigenvalue weighted by Crippen LogP contribution is 2.39. The normalized spacial score (nSPS) is 13.2. The topological polar surface area (TPSA) is 58.1 Å². The second-order valence-electron chi connectivity index (χ2n) is 6.11. The number of anilines is 1. The Morgan fingerprint density at radius 3 is 3.08 bits per heavy atom. The van der Waals surface area contributed by atoms with Crippen LogP contribution in [0.4, 0.5) is 5.82 Å². The second kappa shape index (κ2) is 7.09. The van der Waals surface area contributed by atoms with Crippen molar-refractivity contribution in [3.05, 3.63) is 39.2 Å². The van der Waals surface area contributed by atoms with E-state index < -0.39 is 0 Å². The van der Waals surface area contributed by atoms with Crippen LogP contribution >= 0.6 is 22.7 Å². The summed E-state index contributed by atoms with van der Waals surface area (Å²) in [5.41, 5.74) is 1.40. The third kappa shape index (κ3) is 3.26. The summed E-state index contributed by atoms with van der Waals surface area (Å²) < 4.78 is 0. The van der Waals surface area contributed by atoms with Gasteiger partial charge in [0.1, 0.15) is 17.0 Å². The predicted molar refractivity (Wildman–Crippen MR) is 103 cm³/mol. The summed E-state index contributed by atoms with van der Waals surface area (Å²) in [6, 6.07) is 4.03. The molecular formula is C18H20N4OS2. The van der Waals surface area contributed by atoms with Crippen molar-refractivity contribution in [1.82, 2.24) is 15.3 Å². The third-order valence-electron chi connectivity index (χ3n) is 4.54. The van der Waals surface area contributed by atoms with Crippen LogP contribution in [0, 0.1) is 0 Å². The van der Waals surface area contributed by atoms with Gasteiger partial charge in [0.2, 0.25) is 5.91 Å². The zero-order valence-corrected chi connectivity index (χ0v) is 15.8. The predicted octanol–water partition coefficient (Wildman–Crippen LogP) is 3.38. The Labute approximate surface area is 154 Å². The van der Waals surface area contributed by atoms with Gasteiger partial charge in [0, 0.05) is 16.3 Å². The molecule has 7 heteroatoms. The van der Waals surface area contributed by atoms with Gasteiger partial charge in [-0.05, 0) is 43.2 Å². The number of carbonyl (C=O) groups is 1. The molecule has 0 bridgehead atoms. The number of rotatable bonds is 6. The van der Waals surface area contributed by atoms with E-state index >= 15 is 0 Å². The Morgan fingerprint density at radius 1 is 1.36 bits per heavy atom. The molecule has 0 fully saturated rings. The number of aryl methyl sites for hydroxylation is 2. The van der Waals surface area contributed by atoms with Crippen molar-refractivity contribution >= 4 is 44.6 Å². The lowest BCUT2D eigenvalue weighted by atomic mass is 10.2. The van der Waals surface area contributed by atoms with Gasteiger partial charge >= 0.3 is 0 Å². The first kappa shape index (κ1) is 16.5. The number of hydrogen-bond donors (Lipinski definition) is 1. The van der Waals surface area contributed by atoms with E-state index in [0.29, 0.717) is 13.1 Å². The number of nitrogens with zero attached hydrogens (tertiary/aromatic N) is 3. The van der Waals surface area contributed by atoms with Crippen LogP contribution in [0.1, 0.15) is 28.7 Å². The van der Waals surface area contributed by atoms with Crippen molar-refractivity contribution in [3.63, 3.8) is 0 Å². The molecular weight excluding hydrogens is 352 g/mol. The fraction of sp³-hybridized carbons (Fsp3) is 0.389. The molecule has 0 saturated heterocycles. The van der Waals surface area contributed by atoms with Crippen LogP contribution in [-0.4, -0.2) is 29.0 Å². The standard InChI is InChI=1S/C18H20N4OS2/c1-2-22(10-15(23)19-9-12-5-4-8-24-12)17-16-13-6-3-7-14(13)25-18(16)21-11-20-17/h4-5,8,11H,2-3,6-7,9-10H2,1H3,(H,19,23). The third-order valence-corrected chi connectivity index (χ3v) is 6.61. The number of nitrogens with one attached hydrogen (secondary N) is 1. The first-order chi connectivity index (χ1) is 12.3. The van der Waals surface area contributed by atoms with E-state index in [-0.39, 0.29) is 5.91 Å². The number of carbonyl (C=O) groups excluding carboxylic acids is 1. The Kier molecular flexibility index (Phi) is 4.67. The minimum Gasteiger partial charge on any atom is -0.350 e. The van der Waals surface area contributed by atoms with Crippen LogP contribution in [0.3, 0.4) is 0 Å². The molecule has 3 heterocycles.